The van der Waals surface area contributed by atoms with Gasteiger partial charge in [-0.05, 0) is 29.3 Å². The number of benzene rings is 3. The number of ether oxygens (including phenoxy) is 2. The molecule has 0 unspecified atom stereocenters. The molecule has 0 fully saturated rings. The number of para-hydroxylation sites is 1. The minimum atomic E-state index is -0.510. The number of hydrogen-bond acceptors (Lipinski definition) is 8. The van der Waals surface area contributed by atoms with E-state index in [1.807, 2.05) is 18.2 Å². The first kappa shape index (κ1) is 20.9. The van der Waals surface area contributed by atoms with Gasteiger partial charge in [0.25, 0.3) is 0 Å². The Balaban J connectivity index is 1.61. The fourth-order valence-corrected chi connectivity index (χ4v) is 4.66. The maximum absolute atomic E-state index is 13.5. The van der Waals surface area contributed by atoms with Gasteiger partial charge in [0.05, 0.1) is 30.1 Å². The maximum Gasteiger partial charge on any atom is 0.312 e. The lowest BCUT2D eigenvalue weighted by Crippen LogP contribution is -2.22. The zero-order valence-electron chi connectivity index (χ0n) is 18.5. The number of hydrogen-bond donors (Lipinski definition) is 1. The van der Waals surface area contributed by atoms with Crippen molar-refractivity contribution in [3.8, 4) is 28.4 Å². The Morgan fingerprint density at radius 1 is 1.06 bits per heavy atom. The van der Waals surface area contributed by atoms with Gasteiger partial charge in [-0.3, -0.25) is 19.6 Å². The molecular formula is C27H18N2O6. The van der Waals surface area contributed by atoms with E-state index >= 15 is 0 Å². The van der Waals surface area contributed by atoms with Crippen molar-refractivity contribution in [1.29, 1.82) is 0 Å². The molecule has 0 amide bonds. The van der Waals surface area contributed by atoms with E-state index in [1.54, 1.807) is 43.8 Å². The zero-order valence-corrected chi connectivity index (χ0v) is 18.5. The van der Waals surface area contributed by atoms with Gasteiger partial charge in [0.15, 0.2) is 0 Å². The van der Waals surface area contributed by atoms with Gasteiger partial charge in [0.1, 0.15) is 34.5 Å². The summed E-state index contributed by atoms with van der Waals surface area (Å²) in [5.74, 6) is -0.491. The third-order valence-corrected chi connectivity index (χ3v) is 6.28. The molecule has 3 aromatic carbocycles. The van der Waals surface area contributed by atoms with E-state index in [1.165, 1.54) is 12.3 Å². The van der Waals surface area contributed by atoms with E-state index < -0.39 is 17.3 Å². The van der Waals surface area contributed by atoms with Crippen molar-refractivity contribution in [3.63, 3.8) is 0 Å². The van der Waals surface area contributed by atoms with Crippen LogP contribution in [0, 0.1) is 0 Å². The number of methoxy groups -OCH3 is 1. The molecule has 172 valence electrons. The van der Waals surface area contributed by atoms with Gasteiger partial charge in [0, 0.05) is 29.9 Å². The predicted octanol–water partition coefficient (Wildman–Crippen LogP) is 4.56. The quantitative estimate of drug-likeness (QED) is 0.304. The molecule has 5 aromatic rings. The topological polar surface area (TPSA) is 112 Å². The average Bonchev–Trinajstić information content (AvgIpc) is 2.88. The second kappa shape index (κ2) is 7.95. The Hall–Kier alpha value is -4.72. The van der Waals surface area contributed by atoms with Crippen LogP contribution in [0.25, 0.3) is 33.1 Å². The first-order valence-corrected chi connectivity index (χ1v) is 10.9. The number of aromatic hydroxyl groups is 1. The largest absolute Gasteiger partial charge is 0.507 e. The standard InChI is InChI=1S/C27H18N2O6/c1-33-15-7-5-14(6-8-15)18-13-34-27-23-17(16-3-2-4-19-25(16)29-10-9-28-19)11-22(31)35-21(23)12-20(30)24(27)26(18)32/h2-10,12-13,17,30H,11H2,1H3/t17-/m1/s1. The summed E-state index contributed by atoms with van der Waals surface area (Å²) in [7, 11) is 1.56. The van der Waals surface area contributed by atoms with E-state index in [-0.39, 0.29) is 34.5 Å². The SMILES string of the molecule is COc1ccc(-c2coc3c4c(cc(O)c3c2=O)OC(=O)C[C@@H]4c2cccc3nccnc23)cc1. The van der Waals surface area contributed by atoms with Crippen molar-refractivity contribution in [2.45, 2.75) is 12.3 Å². The monoisotopic (exact) mass is 466 g/mol. The molecule has 2 aromatic heterocycles. The third kappa shape index (κ3) is 3.30. The van der Waals surface area contributed by atoms with Crippen molar-refractivity contribution < 1.29 is 23.8 Å². The van der Waals surface area contributed by atoms with Crippen molar-refractivity contribution in [3.05, 3.63) is 88.5 Å². The lowest BCUT2D eigenvalue weighted by Gasteiger charge is -2.26. The van der Waals surface area contributed by atoms with Gasteiger partial charge in [-0.15, -0.1) is 0 Å². The summed E-state index contributed by atoms with van der Waals surface area (Å²) in [5.41, 5.74) is 3.25. The summed E-state index contributed by atoms with van der Waals surface area (Å²) in [5, 5.41) is 10.8. The molecule has 6 rings (SSSR count). The number of phenols is 1. The van der Waals surface area contributed by atoms with Gasteiger partial charge >= 0.3 is 5.97 Å². The molecule has 1 aliphatic heterocycles. The highest BCUT2D eigenvalue weighted by molar-refractivity contribution is 5.95. The minimum Gasteiger partial charge on any atom is -0.507 e. The summed E-state index contributed by atoms with van der Waals surface area (Å²) in [6, 6.07) is 13.8. The van der Waals surface area contributed by atoms with E-state index in [0.717, 1.165) is 5.56 Å². The lowest BCUT2D eigenvalue weighted by atomic mass is 9.84. The molecule has 1 N–H and O–H groups in total. The maximum atomic E-state index is 13.5. The second-order valence-corrected chi connectivity index (χ2v) is 8.22. The molecular weight excluding hydrogens is 448 g/mol. The van der Waals surface area contributed by atoms with Crippen LogP contribution in [0.3, 0.4) is 0 Å². The molecule has 0 radical (unpaired) electrons. The number of phenolic OH excluding ortho intramolecular Hbond substituents is 1. The van der Waals surface area contributed by atoms with E-state index in [2.05, 4.69) is 9.97 Å². The smallest absolute Gasteiger partial charge is 0.312 e. The van der Waals surface area contributed by atoms with Crippen LogP contribution in [0.15, 0.2) is 76.4 Å². The van der Waals surface area contributed by atoms with Crippen LogP contribution in [-0.4, -0.2) is 28.2 Å². The van der Waals surface area contributed by atoms with Gasteiger partial charge in [-0.25, -0.2) is 0 Å². The molecule has 1 aliphatic rings. The molecule has 1 atom stereocenters. The highest BCUT2D eigenvalue weighted by atomic mass is 16.5. The summed E-state index contributed by atoms with van der Waals surface area (Å²) >= 11 is 0. The van der Waals surface area contributed by atoms with Crippen molar-refractivity contribution >= 4 is 28.0 Å². The van der Waals surface area contributed by atoms with Gasteiger partial charge in [0.2, 0.25) is 5.43 Å². The predicted molar refractivity (Wildman–Crippen MR) is 128 cm³/mol. The Kier molecular flexibility index (Phi) is 4.74. The molecule has 3 heterocycles. The highest BCUT2D eigenvalue weighted by Gasteiger charge is 2.34. The highest BCUT2D eigenvalue weighted by Crippen LogP contribution is 2.46. The normalized spacial score (nSPS) is 15.1. The van der Waals surface area contributed by atoms with Crippen molar-refractivity contribution in [2.24, 2.45) is 0 Å². The molecule has 8 nitrogen and oxygen atoms in total. The summed E-state index contributed by atoms with van der Waals surface area (Å²) in [6.07, 6.45) is 4.57. The fraction of sp³-hybridized carbons (Fsp3) is 0.111. The minimum absolute atomic E-state index is 0.0198. The zero-order chi connectivity index (χ0) is 24.1. The third-order valence-electron chi connectivity index (χ3n) is 6.28. The average molecular weight is 466 g/mol. The molecule has 8 heteroatoms. The second-order valence-electron chi connectivity index (χ2n) is 8.22. The van der Waals surface area contributed by atoms with Gasteiger partial charge in [-0.2, -0.15) is 0 Å². The Labute approximate surface area is 198 Å². The van der Waals surface area contributed by atoms with E-state index in [0.29, 0.717) is 27.9 Å². The molecule has 0 saturated carbocycles. The number of aromatic nitrogens is 2. The van der Waals surface area contributed by atoms with E-state index in [4.69, 9.17) is 13.9 Å². The lowest BCUT2D eigenvalue weighted by molar-refractivity contribution is -0.135. The first-order chi connectivity index (χ1) is 17.0. The van der Waals surface area contributed by atoms with Crippen molar-refractivity contribution in [2.75, 3.05) is 7.11 Å². The van der Waals surface area contributed by atoms with Crippen molar-refractivity contribution in [1.82, 2.24) is 9.97 Å². The molecule has 0 bridgehead atoms. The van der Waals surface area contributed by atoms with Crippen LogP contribution >= 0.6 is 0 Å². The number of nitrogens with zero attached hydrogens (tertiary/aromatic N) is 2. The van der Waals surface area contributed by atoms with Crippen LogP contribution in [0.5, 0.6) is 17.2 Å². The van der Waals surface area contributed by atoms with Gasteiger partial charge < -0.3 is 19.0 Å². The van der Waals surface area contributed by atoms with Crippen LogP contribution in [0.2, 0.25) is 0 Å². The molecule has 0 spiro atoms. The van der Waals surface area contributed by atoms with E-state index in [9.17, 15) is 14.7 Å². The molecule has 0 aliphatic carbocycles. The van der Waals surface area contributed by atoms with Gasteiger partial charge in [-0.1, -0.05) is 24.3 Å². The first-order valence-electron chi connectivity index (χ1n) is 10.9. The number of carbonyl (C=O) groups is 1. The summed E-state index contributed by atoms with van der Waals surface area (Å²) < 4.78 is 16.6. The number of fused-ring (bicyclic) bond motifs is 4. The summed E-state index contributed by atoms with van der Waals surface area (Å²) in [6.45, 7) is 0. The Morgan fingerprint density at radius 2 is 1.86 bits per heavy atom. The summed E-state index contributed by atoms with van der Waals surface area (Å²) in [4.78, 5) is 34.9. The fourth-order valence-electron chi connectivity index (χ4n) is 4.66. The van der Waals surface area contributed by atoms with Crippen LogP contribution < -0.4 is 14.9 Å². The van der Waals surface area contributed by atoms with Crippen LogP contribution in [-0.2, 0) is 4.79 Å². The Morgan fingerprint density at radius 3 is 2.66 bits per heavy atom. The van der Waals surface area contributed by atoms with Crippen LogP contribution in [0.1, 0.15) is 23.5 Å². The number of rotatable bonds is 3. The molecule has 0 saturated heterocycles. The Bertz CT molecular complexity index is 1690. The molecule has 35 heavy (non-hydrogen) atoms. The van der Waals surface area contributed by atoms with Crippen LogP contribution in [0.4, 0.5) is 0 Å². The number of esters is 1. The number of carbonyl (C=O) groups excluding carboxylic acids is 1.